The van der Waals surface area contributed by atoms with E-state index in [0.717, 1.165) is 17.0 Å². The number of anilines is 1. The summed E-state index contributed by atoms with van der Waals surface area (Å²) in [6, 6.07) is 4.95. The first-order valence-electron chi connectivity index (χ1n) is 5.79. The Morgan fingerprint density at radius 3 is 2.80 bits per heavy atom. The topological polar surface area (TPSA) is 60.3 Å². The molecule has 0 aliphatic carbocycles. The van der Waals surface area contributed by atoms with Crippen LogP contribution in [0.15, 0.2) is 28.4 Å². The number of aryl methyl sites for hydroxylation is 1. The number of nitrogens with one attached hydrogen (secondary N) is 1. The number of ether oxygens (including phenoxy) is 1. The van der Waals surface area contributed by atoms with Gasteiger partial charge in [-0.05, 0) is 25.1 Å². The molecule has 2 aromatic rings. The highest BCUT2D eigenvalue weighted by molar-refractivity contribution is 7.07. The van der Waals surface area contributed by atoms with E-state index in [0.29, 0.717) is 16.5 Å². The second kappa shape index (κ2) is 6.11. The van der Waals surface area contributed by atoms with Crippen LogP contribution in [0.4, 0.5) is 5.69 Å². The van der Waals surface area contributed by atoms with E-state index < -0.39 is 0 Å². The van der Waals surface area contributed by atoms with E-state index in [9.17, 15) is 9.59 Å². The van der Waals surface area contributed by atoms with E-state index in [4.69, 9.17) is 16.3 Å². The minimum Gasteiger partial charge on any atom is -0.495 e. The molecule has 7 heteroatoms. The van der Waals surface area contributed by atoms with E-state index in [1.165, 1.54) is 11.7 Å². The summed E-state index contributed by atoms with van der Waals surface area (Å²) in [7, 11) is 1.52. The molecule has 0 aliphatic heterocycles. The van der Waals surface area contributed by atoms with Gasteiger partial charge in [0.05, 0.1) is 12.1 Å². The van der Waals surface area contributed by atoms with E-state index >= 15 is 0 Å². The summed E-state index contributed by atoms with van der Waals surface area (Å²) in [6.07, 6.45) is 0. The second-order valence-electron chi connectivity index (χ2n) is 4.13. The fourth-order valence-electron chi connectivity index (χ4n) is 1.68. The average Bonchev–Trinajstić information content (AvgIpc) is 2.71. The maximum Gasteiger partial charge on any atom is 0.307 e. The predicted molar refractivity (Wildman–Crippen MR) is 79.9 cm³/mol. The summed E-state index contributed by atoms with van der Waals surface area (Å²) in [5.74, 6) is 0.254. The molecule has 1 aromatic carbocycles. The van der Waals surface area contributed by atoms with Crippen molar-refractivity contribution in [3.8, 4) is 5.75 Å². The van der Waals surface area contributed by atoms with Crippen molar-refractivity contribution in [3.05, 3.63) is 44.0 Å². The second-order valence-corrected chi connectivity index (χ2v) is 5.35. The molecular weight excluding hydrogens is 300 g/mol. The van der Waals surface area contributed by atoms with Gasteiger partial charge in [0, 0.05) is 16.8 Å². The molecule has 0 unspecified atom stereocenters. The number of aromatic nitrogens is 1. The molecule has 1 aromatic heterocycles. The number of hydrogen-bond acceptors (Lipinski definition) is 4. The quantitative estimate of drug-likeness (QED) is 0.943. The summed E-state index contributed by atoms with van der Waals surface area (Å²) in [5.41, 5.74) is 1.32. The van der Waals surface area contributed by atoms with Crippen molar-refractivity contribution in [1.82, 2.24) is 4.57 Å². The smallest absolute Gasteiger partial charge is 0.307 e. The molecule has 0 fully saturated rings. The Morgan fingerprint density at radius 1 is 1.50 bits per heavy atom. The van der Waals surface area contributed by atoms with Crippen molar-refractivity contribution >= 4 is 34.5 Å². The van der Waals surface area contributed by atoms with Gasteiger partial charge in [0.1, 0.15) is 12.3 Å². The van der Waals surface area contributed by atoms with Gasteiger partial charge in [-0.2, -0.15) is 0 Å². The SMILES string of the molecule is COc1ccc(NC(=O)Cn2c(C)csc2=O)cc1Cl. The third-order valence-corrected chi connectivity index (χ3v) is 3.89. The highest BCUT2D eigenvalue weighted by atomic mass is 35.5. The van der Waals surface area contributed by atoms with Crippen LogP contribution in [0.1, 0.15) is 5.69 Å². The van der Waals surface area contributed by atoms with Crippen molar-refractivity contribution in [1.29, 1.82) is 0 Å². The van der Waals surface area contributed by atoms with Gasteiger partial charge < -0.3 is 10.1 Å². The van der Waals surface area contributed by atoms with Crippen LogP contribution >= 0.6 is 22.9 Å². The van der Waals surface area contributed by atoms with Crippen LogP contribution in [-0.4, -0.2) is 17.6 Å². The lowest BCUT2D eigenvalue weighted by Gasteiger charge is -2.09. The molecule has 0 bridgehead atoms. The normalized spacial score (nSPS) is 10.3. The number of hydrogen-bond donors (Lipinski definition) is 1. The van der Waals surface area contributed by atoms with Crippen LogP contribution in [0, 0.1) is 6.92 Å². The van der Waals surface area contributed by atoms with Gasteiger partial charge in [0.2, 0.25) is 5.91 Å². The zero-order valence-electron chi connectivity index (χ0n) is 11.0. The molecule has 0 spiro atoms. The predicted octanol–water partition coefficient (Wildman–Crippen LogP) is 2.52. The summed E-state index contributed by atoms with van der Waals surface area (Å²) in [5, 5.41) is 4.83. The van der Waals surface area contributed by atoms with Crippen molar-refractivity contribution in [2.45, 2.75) is 13.5 Å². The maximum atomic E-state index is 11.9. The van der Waals surface area contributed by atoms with Gasteiger partial charge in [-0.15, -0.1) is 0 Å². The van der Waals surface area contributed by atoms with Crippen LogP contribution in [0.3, 0.4) is 0 Å². The molecule has 2 rings (SSSR count). The van der Waals surface area contributed by atoms with Crippen molar-refractivity contribution in [3.63, 3.8) is 0 Å². The molecule has 1 heterocycles. The molecule has 0 saturated heterocycles. The van der Waals surface area contributed by atoms with E-state index in [2.05, 4.69) is 5.32 Å². The molecule has 0 aliphatic rings. The van der Waals surface area contributed by atoms with Crippen molar-refractivity contribution in [2.75, 3.05) is 12.4 Å². The van der Waals surface area contributed by atoms with Gasteiger partial charge >= 0.3 is 4.87 Å². The summed E-state index contributed by atoms with van der Waals surface area (Å²) >= 11 is 7.05. The zero-order chi connectivity index (χ0) is 14.7. The first-order valence-corrected chi connectivity index (χ1v) is 7.05. The van der Waals surface area contributed by atoms with Gasteiger partial charge in [-0.25, -0.2) is 0 Å². The Balaban J connectivity index is 2.09. The number of amides is 1. The summed E-state index contributed by atoms with van der Waals surface area (Å²) in [6.45, 7) is 1.77. The lowest BCUT2D eigenvalue weighted by atomic mass is 10.3. The summed E-state index contributed by atoms with van der Waals surface area (Å²) < 4.78 is 6.45. The van der Waals surface area contributed by atoms with E-state index in [1.807, 2.05) is 0 Å². The first-order chi connectivity index (χ1) is 9.51. The summed E-state index contributed by atoms with van der Waals surface area (Å²) in [4.78, 5) is 23.3. The number of thiazole rings is 1. The van der Waals surface area contributed by atoms with Crippen LogP contribution in [-0.2, 0) is 11.3 Å². The minimum absolute atomic E-state index is 0.0161. The maximum absolute atomic E-state index is 11.9. The van der Waals surface area contributed by atoms with Crippen molar-refractivity contribution < 1.29 is 9.53 Å². The standard InChI is InChI=1S/C13H13ClN2O3S/c1-8-7-20-13(18)16(8)6-12(17)15-9-3-4-11(19-2)10(14)5-9/h3-5,7H,6H2,1-2H3,(H,15,17). The van der Waals surface area contributed by atoms with Crippen LogP contribution in [0.25, 0.3) is 0 Å². The average molecular weight is 313 g/mol. The Kier molecular flexibility index (Phi) is 4.46. The fraction of sp³-hybridized carbons (Fsp3) is 0.231. The highest BCUT2D eigenvalue weighted by Crippen LogP contribution is 2.27. The molecule has 0 saturated carbocycles. The number of benzene rings is 1. The van der Waals surface area contributed by atoms with Gasteiger partial charge in [-0.3, -0.25) is 14.2 Å². The molecular formula is C13H13ClN2O3S. The van der Waals surface area contributed by atoms with Crippen LogP contribution in [0.5, 0.6) is 5.75 Å². The highest BCUT2D eigenvalue weighted by Gasteiger charge is 2.09. The molecule has 0 atom stereocenters. The fourth-order valence-corrected chi connectivity index (χ4v) is 2.68. The molecule has 0 radical (unpaired) electrons. The number of carbonyl (C=O) groups is 1. The number of rotatable bonds is 4. The molecule has 20 heavy (non-hydrogen) atoms. The number of methoxy groups -OCH3 is 1. The zero-order valence-corrected chi connectivity index (χ0v) is 12.5. The van der Waals surface area contributed by atoms with E-state index in [1.54, 1.807) is 30.5 Å². The van der Waals surface area contributed by atoms with Crippen LogP contribution in [0.2, 0.25) is 5.02 Å². The van der Waals surface area contributed by atoms with Gasteiger partial charge in [0.25, 0.3) is 0 Å². The Bertz CT molecular complexity index is 693. The van der Waals surface area contributed by atoms with Crippen LogP contribution < -0.4 is 14.9 Å². The molecule has 106 valence electrons. The Morgan fingerprint density at radius 2 is 2.25 bits per heavy atom. The largest absolute Gasteiger partial charge is 0.495 e. The Labute approximate surface area is 124 Å². The first kappa shape index (κ1) is 14.6. The van der Waals surface area contributed by atoms with Gasteiger partial charge in [0.15, 0.2) is 0 Å². The third-order valence-electron chi connectivity index (χ3n) is 2.71. The minimum atomic E-state index is -0.283. The van der Waals surface area contributed by atoms with Gasteiger partial charge in [-0.1, -0.05) is 22.9 Å². The molecule has 5 nitrogen and oxygen atoms in total. The number of carbonyl (C=O) groups excluding carboxylic acids is 1. The monoisotopic (exact) mass is 312 g/mol. The van der Waals surface area contributed by atoms with Crippen molar-refractivity contribution in [2.24, 2.45) is 0 Å². The lowest BCUT2D eigenvalue weighted by Crippen LogP contribution is -2.25. The molecule has 1 amide bonds. The molecule has 1 N–H and O–H groups in total. The number of nitrogens with zero attached hydrogens (tertiary/aromatic N) is 1. The Hall–Kier alpha value is -1.79. The lowest BCUT2D eigenvalue weighted by molar-refractivity contribution is -0.116. The third kappa shape index (κ3) is 3.20. The number of halogens is 1. The van der Waals surface area contributed by atoms with E-state index in [-0.39, 0.29) is 17.3 Å².